The number of benzene rings is 2. The third kappa shape index (κ3) is 3.57. The molecule has 0 spiro atoms. The molecule has 2 atom stereocenters. The minimum atomic E-state index is -3.26. The maximum atomic E-state index is 11.5. The Kier molecular flexibility index (Phi) is 5.21. The van der Waals surface area contributed by atoms with Crippen LogP contribution in [0.3, 0.4) is 0 Å². The first-order chi connectivity index (χ1) is 13.5. The topological polar surface area (TPSA) is 65.0 Å². The van der Waals surface area contributed by atoms with Crippen LogP contribution in [-0.4, -0.2) is 51.2 Å². The molecule has 0 aliphatic carbocycles. The quantitative estimate of drug-likeness (QED) is 0.808. The highest BCUT2D eigenvalue weighted by Crippen LogP contribution is 2.44. The Morgan fingerprint density at radius 2 is 1.79 bits per heavy atom. The van der Waals surface area contributed by atoms with Gasteiger partial charge in [0.25, 0.3) is 0 Å². The van der Waals surface area contributed by atoms with Crippen LogP contribution in [0.1, 0.15) is 29.9 Å². The van der Waals surface area contributed by atoms with Gasteiger partial charge in [0, 0.05) is 42.5 Å². The SMILES string of the molecule is CS(=O)(=O)Nc1ccc(C2CCN3c4ccccc4C4=NCCCN4C23)cc1.Cl. The molecule has 0 amide bonds. The third-order valence-electron chi connectivity index (χ3n) is 5.87. The molecule has 8 heteroatoms. The van der Waals surface area contributed by atoms with Crippen molar-refractivity contribution in [1.82, 2.24) is 4.90 Å². The van der Waals surface area contributed by atoms with Crippen molar-refractivity contribution in [3.05, 3.63) is 59.7 Å². The first kappa shape index (κ1) is 20.0. The third-order valence-corrected chi connectivity index (χ3v) is 6.47. The smallest absolute Gasteiger partial charge is 0.229 e. The highest BCUT2D eigenvalue weighted by Gasteiger charge is 2.45. The number of amidine groups is 1. The summed E-state index contributed by atoms with van der Waals surface area (Å²) >= 11 is 0. The molecular weight excluding hydrogens is 408 g/mol. The van der Waals surface area contributed by atoms with E-state index in [2.05, 4.69) is 50.9 Å². The molecule has 1 saturated heterocycles. The zero-order valence-corrected chi connectivity index (χ0v) is 17.9. The van der Waals surface area contributed by atoms with Crippen LogP contribution < -0.4 is 9.62 Å². The maximum absolute atomic E-state index is 11.5. The Hall–Kier alpha value is -2.25. The number of anilines is 2. The molecule has 0 saturated carbocycles. The fourth-order valence-corrected chi connectivity index (χ4v) is 5.37. The number of sulfonamides is 1. The first-order valence-electron chi connectivity index (χ1n) is 9.76. The van der Waals surface area contributed by atoms with Gasteiger partial charge in [0.2, 0.25) is 10.0 Å². The van der Waals surface area contributed by atoms with Crippen molar-refractivity contribution >= 4 is 39.6 Å². The largest absolute Gasteiger partial charge is 0.350 e. The number of nitrogens with zero attached hydrogens (tertiary/aromatic N) is 3. The summed E-state index contributed by atoms with van der Waals surface area (Å²) in [4.78, 5) is 9.87. The van der Waals surface area contributed by atoms with E-state index in [-0.39, 0.29) is 18.6 Å². The van der Waals surface area contributed by atoms with Crippen molar-refractivity contribution in [2.75, 3.05) is 35.5 Å². The summed E-state index contributed by atoms with van der Waals surface area (Å²) in [5.74, 6) is 1.49. The lowest BCUT2D eigenvalue weighted by atomic mass is 9.92. The molecule has 3 aliphatic heterocycles. The van der Waals surface area contributed by atoms with Crippen molar-refractivity contribution in [2.45, 2.75) is 24.9 Å². The van der Waals surface area contributed by atoms with Gasteiger partial charge in [-0.05, 0) is 42.7 Å². The minimum Gasteiger partial charge on any atom is -0.350 e. The highest BCUT2D eigenvalue weighted by molar-refractivity contribution is 7.92. The van der Waals surface area contributed by atoms with E-state index in [9.17, 15) is 8.42 Å². The Bertz CT molecular complexity index is 1040. The molecule has 3 heterocycles. The van der Waals surface area contributed by atoms with Crippen LogP contribution in [0.15, 0.2) is 53.5 Å². The number of rotatable bonds is 3. The van der Waals surface area contributed by atoms with E-state index in [1.165, 1.54) is 23.1 Å². The average Bonchev–Trinajstić information content (AvgIpc) is 3.13. The molecule has 6 nitrogen and oxygen atoms in total. The molecule has 0 aromatic heterocycles. The van der Waals surface area contributed by atoms with Crippen molar-refractivity contribution in [3.8, 4) is 0 Å². The van der Waals surface area contributed by atoms with E-state index in [1.54, 1.807) is 0 Å². The summed E-state index contributed by atoms with van der Waals surface area (Å²) in [6.45, 7) is 2.93. The number of hydrogen-bond donors (Lipinski definition) is 1. The molecule has 3 aliphatic rings. The number of fused-ring (bicyclic) bond motifs is 6. The number of nitrogens with one attached hydrogen (secondary N) is 1. The summed E-state index contributed by atoms with van der Waals surface area (Å²) in [5, 5.41) is 0. The Morgan fingerprint density at radius 3 is 2.55 bits per heavy atom. The molecule has 154 valence electrons. The summed E-state index contributed by atoms with van der Waals surface area (Å²) in [6.07, 6.45) is 3.59. The monoisotopic (exact) mass is 432 g/mol. The molecule has 29 heavy (non-hydrogen) atoms. The van der Waals surface area contributed by atoms with Gasteiger partial charge in [0.05, 0.1) is 6.26 Å². The second kappa shape index (κ2) is 7.54. The highest BCUT2D eigenvalue weighted by atomic mass is 35.5. The van der Waals surface area contributed by atoms with Gasteiger partial charge in [0.15, 0.2) is 0 Å². The summed E-state index contributed by atoms with van der Waals surface area (Å²) in [5.41, 5.74) is 4.38. The van der Waals surface area contributed by atoms with Gasteiger partial charge >= 0.3 is 0 Å². The summed E-state index contributed by atoms with van der Waals surface area (Å²) in [6, 6.07) is 16.4. The van der Waals surface area contributed by atoms with Crippen molar-refractivity contribution in [1.29, 1.82) is 0 Å². The Balaban J connectivity index is 0.00000205. The Morgan fingerprint density at radius 1 is 1.03 bits per heavy atom. The van der Waals surface area contributed by atoms with E-state index < -0.39 is 10.0 Å². The van der Waals surface area contributed by atoms with Crippen LogP contribution in [0.25, 0.3) is 0 Å². The zero-order chi connectivity index (χ0) is 19.3. The van der Waals surface area contributed by atoms with E-state index in [0.717, 1.165) is 38.3 Å². The van der Waals surface area contributed by atoms with Gasteiger partial charge in [-0.15, -0.1) is 12.4 Å². The maximum Gasteiger partial charge on any atom is 0.229 e. The summed E-state index contributed by atoms with van der Waals surface area (Å²) < 4.78 is 25.5. The normalized spacial score (nSPS) is 22.7. The molecule has 0 bridgehead atoms. The number of hydrogen-bond acceptors (Lipinski definition) is 5. The van der Waals surface area contributed by atoms with Gasteiger partial charge in [-0.1, -0.05) is 24.3 Å². The lowest BCUT2D eigenvalue weighted by molar-refractivity contribution is 0.275. The molecule has 0 radical (unpaired) electrons. The molecule has 2 unspecified atom stereocenters. The van der Waals surface area contributed by atoms with E-state index in [1.807, 2.05) is 12.1 Å². The molecule has 1 fully saturated rings. The van der Waals surface area contributed by atoms with Crippen LogP contribution in [0, 0.1) is 0 Å². The van der Waals surface area contributed by atoms with Crippen molar-refractivity contribution < 1.29 is 8.42 Å². The average molecular weight is 433 g/mol. The number of halogens is 1. The standard InChI is InChI=1S/C21H24N4O2S.ClH/c1-28(26,27)23-16-9-7-15(8-10-16)17-11-14-24-19-6-3-2-5-18(19)20-22-12-4-13-25(20)21(17)24;/h2-3,5-10,17,21,23H,4,11-14H2,1H3;1H. The van der Waals surface area contributed by atoms with Crippen LogP contribution in [0.2, 0.25) is 0 Å². The van der Waals surface area contributed by atoms with E-state index in [0.29, 0.717) is 11.6 Å². The van der Waals surface area contributed by atoms with Gasteiger partial charge in [-0.2, -0.15) is 0 Å². The van der Waals surface area contributed by atoms with Gasteiger partial charge < -0.3 is 9.80 Å². The fourth-order valence-electron chi connectivity index (χ4n) is 4.81. The van der Waals surface area contributed by atoms with Crippen LogP contribution in [-0.2, 0) is 10.0 Å². The molecule has 2 aromatic carbocycles. The Labute approximate surface area is 178 Å². The lowest BCUT2D eigenvalue weighted by Gasteiger charge is -2.47. The molecule has 5 rings (SSSR count). The van der Waals surface area contributed by atoms with Crippen molar-refractivity contribution in [2.24, 2.45) is 4.99 Å². The minimum absolute atomic E-state index is 0. The summed E-state index contributed by atoms with van der Waals surface area (Å²) in [7, 11) is -3.26. The number of para-hydroxylation sites is 1. The predicted octanol–water partition coefficient (Wildman–Crippen LogP) is 3.27. The number of aliphatic imine (C=N–C) groups is 1. The van der Waals surface area contributed by atoms with E-state index >= 15 is 0 Å². The zero-order valence-electron chi connectivity index (χ0n) is 16.3. The van der Waals surface area contributed by atoms with Gasteiger partial charge in [-0.3, -0.25) is 9.71 Å². The van der Waals surface area contributed by atoms with Crippen LogP contribution in [0.5, 0.6) is 0 Å². The first-order valence-corrected chi connectivity index (χ1v) is 11.7. The van der Waals surface area contributed by atoms with E-state index in [4.69, 9.17) is 4.99 Å². The van der Waals surface area contributed by atoms with Gasteiger partial charge in [0.1, 0.15) is 12.0 Å². The fraction of sp³-hybridized carbons (Fsp3) is 0.381. The van der Waals surface area contributed by atoms with Crippen molar-refractivity contribution in [3.63, 3.8) is 0 Å². The molecule has 2 aromatic rings. The van der Waals surface area contributed by atoms with Gasteiger partial charge in [-0.25, -0.2) is 8.42 Å². The second-order valence-electron chi connectivity index (χ2n) is 7.77. The predicted molar refractivity (Wildman–Crippen MR) is 120 cm³/mol. The van der Waals surface area contributed by atoms with Crippen LogP contribution in [0.4, 0.5) is 11.4 Å². The second-order valence-corrected chi connectivity index (χ2v) is 9.52. The van der Waals surface area contributed by atoms with Crippen LogP contribution >= 0.6 is 12.4 Å². The lowest BCUT2D eigenvalue weighted by Crippen LogP contribution is -2.56. The molecular formula is C21H25ClN4O2S. The molecule has 1 N–H and O–H groups in total.